The van der Waals surface area contributed by atoms with E-state index >= 15 is 0 Å². The number of carboxylic acid groups (broad SMARTS) is 1. The lowest BCUT2D eigenvalue weighted by atomic mass is 10.1. The monoisotopic (exact) mass is 314 g/mol. The Kier molecular flexibility index (Phi) is 3.98. The van der Waals surface area contributed by atoms with Crippen LogP contribution in [0.5, 0.6) is 11.5 Å². The average Bonchev–Trinajstić information content (AvgIpc) is 2.95. The van der Waals surface area contributed by atoms with Gasteiger partial charge in [0.05, 0.1) is 12.7 Å². The standard InChI is InChI=1S/C17H14O4S/c1-20-12-5-3-6-13(9-12)21-10-14-8-11-4-2-7-15(17(18)19)16(11)22-14/h2-9H,10H2,1H3,(H,18,19). The maximum Gasteiger partial charge on any atom is 0.337 e. The number of aromatic carboxylic acids is 1. The summed E-state index contributed by atoms with van der Waals surface area (Å²) in [5, 5.41) is 10.1. The van der Waals surface area contributed by atoms with Crippen molar-refractivity contribution in [2.45, 2.75) is 6.61 Å². The van der Waals surface area contributed by atoms with Gasteiger partial charge in [-0.1, -0.05) is 18.2 Å². The van der Waals surface area contributed by atoms with Gasteiger partial charge in [-0.3, -0.25) is 0 Å². The van der Waals surface area contributed by atoms with E-state index in [2.05, 4.69) is 0 Å². The molecule has 3 rings (SSSR count). The Bertz CT molecular complexity index is 822. The lowest BCUT2D eigenvalue weighted by Crippen LogP contribution is -1.95. The highest BCUT2D eigenvalue weighted by atomic mass is 32.1. The van der Waals surface area contributed by atoms with Gasteiger partial charge in [0.15, 0.2) is 0 Å². The zero-order chi connectivity index (χ0) is 15.5. The average molecular weight is 314 g/mol. The Hall–Kier alpha value is -2.53. The second-order valence-corrected chi connectivity index (χ2v) is 5.85. The first-order chi connectivity index (χ1) is 10.7. The summed E-state index contributed by atoms with van der Waals surface area (Å²) in [6.07, 6.45) is 0. The largest absolute Gasteiger partial charge is 0.497 e. The van der Waals surface area contributed by atoms with Crippen LogP contribution in [0.25, 0.3) is 10.1 Å². The minimum atomic E-state index is -0.910. The van der Waals surface area contributed by atoms with Crippen molar-refractivity contribution in [3.63, 3.8) is 0 Å². The number of thiophene rings is 1. The molecule has 0 atom stereocenters. The molecule has 22 heavy (non-hydrogen) atoms. The predicted molar refractivity (Wildman–Crippen MR) is 86.1 cm³/mol. The molecule has 0 saturated carbocycles. The summed E-state index contributed by atoms with van der Waals surface area (Å²) < 4.78 is 11.7. The number of benzene rings is 2. The van der Waals surface area contributed by atoms with Crippen LogP contribution < -0.4 is 9.47 Å². The van der Waals surface area contributed by atoms with Crippen molar-refractivity contribution >= 4 is 27.4 Å². The Balaban J connectivity index is 1.82. The van der Waals surface area contributed by atoms with Gasteiger partial charge in [0.1, 0.15) is 18.1 Å². The molecule has 4 nitrogen and oxygen atoms in total. The molecule has 2 aromatic carbocycles. The number of hydrogen-bond acceptors (Lipinski definition) is 4. The molecule has 0 aliphatic heterocycles. The number of carboxylic acids is 1. The molecule has 0 fully saturated rings. The molecule has 1 N–H and O–H groups in total. The van der Waals surface area contributed by atoms with E-state index in [1.807, 2.05) is 36.4 Å². The van der Waals surface area contributed by atoms with Crippen molar-refractivity contribution in [3.05, 3.63) is 59.0 Å². The Morgan fingerprint density at radius 3 is 2.68 bits per heavy atom. The number of methoxy groups -OCH3 is 1. The summed E-state index contributed by atoms with van der Waals surface area (Å²) in [4.78, 5) is 12.2. The smallest absolute Gasteiger partial charge is 0.337 e. The lowest BCUT2D eigenvalue weighted by Gasteiger charge is -2.06. The molecule has 0 radical (unpaired) electrons. The molecule has 1 aromatic heterocycles. The molecule has 0 unspecified atom stereocenters. The molecular weight excluding hydrogens is 300 g/mol. The van der Waals surface area contributed by atoms with Crippen LogP contribution in [0.4, 0.5) is 0 Å². The van der Waals surface area contributed by atoms with Gasteiger partial charge in [0, 0.05) is 15.6 Å². The normalized spacial score (nSPS) is 10.6. The van der Waals surface area contributed by atoms with Crippen molar-refractivity contribution in [3.8, 4) is 11.5 Å². The van der Waals surface area contributed by atoms with Crippen molar-refractivity contribution in [1.82, 2.24) is 0 Å². The number of fused-ring (bicyclic) bond motifs is 1. The Morgan fingerprint density at radius 2 is 1.91 bits per heavy atom. The van der Waals surface area contributed by atoms with Gasteiger partial charge in [-0.05, 0) is 29.7 Å². The van der Waals surface area contributed by atoms with E-state index in [1.54, 1.807) is 19.2 Å². The minimum Gasteiger partial charge on any atom is -0.497 e. The molecule has 1 heterocycles. The summed E-state index contributed by atoms with van der Waals surface area (Å²) >= 11 is 1.44. The Labute approximate surface area is 131 Å². The minimum absolute atomic E-state index is 0.329. The quantitative estimate of drug-likeness (QED) is 0.767. The molecule has 5 heteroatoms. The van der Waals surface area contributed by atoms with Crippen molar-refractivity contribution in [2.24, 2.45) is 0 Å². The highest BCUT2D eigenvalue weighted by molar-refractivity contribution is 7.19. The van der Waals surface area contributed by atoms with E-state index in [1.165, 1.54) is 11.3 Å². The molecule has 112 valence electrons. The second-order valence-electron chi connectivity index (χ2n) is 4.71. The molecule has 0 saturated heterocycles. The van der Waals surface area contributed by atoms with Crippen LogP contribution in [-0.2, 0) is 6.61 Å². The van der Waals surface area contributed by atoms with E-state index in [9.17, 15) is 9.90 Å². The van der Waals surface area contributed by atoms with Crippen LogP contribution in [0.15, 0.2) is 48.5 Å². The van der Waals surface area contributed by atoms with Gasteiger partial charge in [0.25, 0.3) is 0 Å². The molecule has 0 spiro atoms. The third-order valence-corrected chi connectivity index (χ3v) is 4.41. The Morgan fingerprint density at radius 1 is 1.14 bits per heavy atom. The number of hydrogen-bond donors (Lipinski definition) is 1. The van der Waals surface area contributed by atoms with Crippen LogP contribution in [-0.4, -0.2) is 18.2 Å². The molecule has 0 amide bonds. The fraction of sp³-hybridized carbons (Fsp3) is 0.118. The summed E-state index contributed by atoms with van der Waals surface area (Å²) in [7, 11) is 1.61. The van der Waals surface area contributed by atoms with Gasteiger partial charge in [-0.25, -0.2) is 4.79 Å². The molecule has 0 aliphatic carbocycles. The van der Waals surface area contributed by atoms with Crippen LogP contribution >= 0.6 is 11.3 Å². The zero-order valence-corrected chi connectivity index (χ0v) is 12.7. The first-order valence-electron chi connectivity index (χ1n) is 6.69. The van der Waals surface area contributed by atoms with E-state index in [-0.39, 0.29) is 0 Å². The number of rotatable bonds is 5. The highest BCUT2D eigenvalue weighted by Gasteiger charge is 2.11. The maximum absolute atomic E-state index is 11.2. The second kappa shape index (κ2) is 6.07. The van der Waals surface area contributed by atoms with Crippen molar-refractivity contribution < 1.29 is 19.4 Å². The maximum atomic E-state index is 11.2. The molecule has 0 aliphatic rings. The summed E-state index contributed by atoms with van der Waals surface area (Å²) in [5.41, 5.74) is 0.329. The third-order valence-electron chi connectivity index (χ3n) is 3.25. The van der Waals surface area contributed by atoms with E-state index < -0.39 is 5.97 Å². The number of carbonyl (C=O) groups is 1. The molecule has 0 bridgehead atoms. The van der Waals surface area contributed by atoms with Crippen molar-refractivity contribution in [2.75, 3.05) is 7.11 Å². The molecular formula is C17H14O4S. The van der Waals surface area contributed by atoms with Crippen LogP contribution in [0.2, 0.25) is 0 Å². The van der Waals surface area contributed by atoms with Gasteiger partial charge in [0.2, 0.25) is 0 Å². The third kappa shape index (κ3) is 2.89. The number of ether oxygens (including phenoxy) is 2. The van der Waals surface area contributed by atoms with Gasteiger partial charge in [-0.2, -0.15) is 0 Å². The summed E-state index contributed by atoms with van der Waals surface area (Å²) in [6.45, 7) is 0.394. The topological polar surface area (TPSA) is 55.8 Å². The first kappa shape index (κ1) is 14.4. The summed E-state index contributed by atoms with van der Waals surface area (Å²) in [6, 6.07) is 14.6. The van der Waals surface area contributed by atoms with E-state index in [0.717, 1.165) is 26.5 Å². The first-order valence-corrected chi connectivity index (χ1v) is 7.50. The molecule has 3 aromatic rings. The summed E-state index contributed by atoms with van der Waals surface area (Å²) in [5.74, 6) is 0.546. The van der Waals surface area contributed by atoms with Crippen LogP contribution in [0.1, 0.15) is 15.2 Å². The predicted octanol–water partition coefficient (Wildman–Crippen LogP) is 4.19. The van der Waals surface area contributed by atoms with Gasteiger partial charge >= 0.3 is 5.97 Å². The van der Waals surface area contributed by atoms with E-state index in [4.69, 9.17) is 9.47 Å². The van der Waals surface area contributed by atoms with Gasteiger partial charge < -0.3 is 14.6 Å². The SMILES string of the molecule is COc1cccc(OCc2cc3cccc(C(=O)O)c3s2)c1. The van der Waals surface area contributed by atoms with Crippen molar-refractivity contribution in [1.29, 1.82) is 0 Å². The van der Waals surface area contributed by atoms with E-state index in [0.29, 0.717) is 12.2 Å². The van der Waals surface area contributed by atoms with Gasteiger partial charge in [-0.15, -0.1) is 11.3 Å². The van der Waals surface area contributed by atoms with Crippen LogP contribution in [0.3, 0.4) is 0 Å². The van der Waals surface area contributed by atoms with Crippen LogP contribution in [0, 0.1) is 0 Å². The highest BCUT2D eigenvalue weighted by Crippen LogP contribution is 2.30. The lowest BCUT2D eigenvalue weighted by molar-refractivity contribution is 0.0699. The zero-order valence-electron chi connectivity index (χ0n) is 11.9. The fourth-order valence-corrected chi connectivity index (χ4v) is 3.28. The fourth-order valence-electron chi connectivity index (χ4n) is 2.20.